The number of rotatable bonds is 4. The van der Waals surface area contributed by atoms with Crippen molar-refractivity contribution in [1.29, 1.82) is 5.41 Å². The molecule has 0 fully saturated rings. The Bertz CT molecular complexity index is 61.5. The van der Waals surface area contributed by atoms with Crippen LogP contribution in [0.3, 0.4) is 0 Å². The summed E-state index contributed by atoms with van der Waals surface area (Å²) in [6, 6.07) is 0. The molecule has 2 N–H and O–H groups in total. The van der Waals surface area contributed by atoms with Gasteiger partial charge < -0.3 is 10.7 Å². The summed E-state index contributed by atoms with van der Waals surface area (Å²) in [5.41, 5.74) is 0. The topological polar surface area (TPSA) is 35.9 Å². The molecule has 0 aliphatic heterocycles. The van der Waals surface area contributed by atoms with Gasteiger partial charge >= 0.3 is 0 Å². The summed E-state index contributed by atoms with van der Waals surface area (Å²) in [5, 5.41) is 9.92. The fourth-order valence-electron chi connectivity index (χ4n) is 0.583. The van der Waals surface area contributed by atoms with Gasteiger partial charge in [-0.1, -0.05) is 6.92 Å². The van der Waals surface area contributed by atoms with Gasteiger partial charge in [0.05, 0.1) is 0 Å². The second-order valence-corrected chi connectivity index (χ2v) is 1.89. The molecule has 0 saturated heterocycles. The van der Waals surface area contributed by atoms with E-state index in [0.29, 0.717) is 5.92 Å². The SMILES string of the molecule is CCC(C=N)CNC. The molecular weight excluding hydrogens is 100 g/mol. The molecule has 8 heavy (non-hydrogen) atoms. The third kappa shape index (κ3) is 2.75. The zero-order valence-corrected chi connectivity index (χ0v) is 5.57. The standard InChI is InChI=1S/C6H14N2/c1-3-6(4-7)5-8-2/h4,6-8H,3,5H2,1-2H3. The van der Waals surface area contributed by atoms with Crippen molar-refractivity contribution in [3.05, 3.63) is 0 Å². The Labute approximate surface area is 50.8 Å². The van der Waals surface area contributed by atoms with Crippen LogP contribution in [0.2, 0.25) is 0 Å². The van der Waals surface area contributed by atoms with Crippen LogP contribution in [0.25, 0.3) is 0 Å². The van der Waals surface area contributed by atoms with E-state index in [1.807, 2.05) is 7.05 Å². The Kier molecular flexibility index (Phi) is 4.56. The molecule has 0 heterocycles. The van der Waals surface area contributed by atoms with E-state index in [2.05, 4.69) is 12.2 Å². The van der Waals surface area contributed by atoms with Crippen LogP contribution in [0.15, 0.2) is 0 Å². The van der Waals surface area contributed by atoms with E-state index in [0.717, 1.165) is 13.0 Å². The Hall–Kier alpha value is -0.370. The van der Waals surface area contributed by atoms with Gasteiger partial charge in [-0.25, -0.2) is 0 Å². The normalized spacial score (nSPS) is 13.2. The van der Waals surface area contributed by atoms with Crippen molar-refractivity contribution in [1.82, 2.24) is 5.32 Å². The highest BCUT2D eigenvalue weighted by atomic mass is 14.8. The van der Waals surface area contributed by atoms with Crippen molar-refractivity contribution < 1.29 is 0 Å². The van der Waals surface area contributed by atoms with E-state index in [1.54, 1.807) is 0 Å². The van der Waals surface area contributed by atoms with E-state index in [1.165, 1.54) is 6.21 Å². The van der Waals surface area contributed by atoms with Gasteiger partial charge in [-0.3, -0.25) is 0 Å². The maximum atomic E-state index is 6.90. The largest absolute Gasteiger partial charge is 0.319 e. The van der Waals surface area contributed by atoms with Crippen LogP contribution >= 0.6 is 0 Å². The monoisotopic (exact) mass is 114 g/mol. The summed E-state index contributed by atoms with van der Waals surface area (Å²) in [7, 11) is 1.91. The number of hydrogen-bond donors (Lipinski definition) is 2. The van der Waals surface area contributed by atoms with Gasteiger partial charge in [-0.05, 0) is 19.7 Å². The van der Waals surface area contributed by atoms with E-state index >= 15 is 0 Å². The highest BCUT2D eigenvalue weighted by molar-refractivity contribution is 5.56. The molecule has 48 valence electrons. The van der Waals surface area contributed by atoms with Crippen LogP contribution in [0.1, 0.15) is 13.3 Å². The molecule has 1 atom stereocenters. The van der Waals surface area contributed by atoms with Gasteiger partial charge in [0, 0.05) is 12.5 Å². The Balaban J connectivity index is 3.21. The zero-order valence-electron chi connectivity index (χ0n) is 5.57. The molecular formula is C6H14N2. The average Bonchev–Trinajstić information content (AvgIpc) is 1.83. The fourth-order valence-corrected chi connectivity index (χ4v) is 0.583. The van der Waals surface area contributed by atoms with Crippen LogP contribution in [-0.4, -0.2) is 19.8 Å². The first-order valence-electron chi connectivity index (χ1n) is 3.00. The van der Waals surface area contributed by atoms with Crippen LogP contribution < -0.4 is 5.32 Å². The molecule has 0 saturated carbocycles. The van der Waals surface area contributed by atoms with Gasteiger partial charge in [0.1, 0.15) is 0 Å². The lowest BCUT2D eigenvalue weighted by Gasteiger charge is -2.04. The lowest BCUT2D eigenvalue weighted by molar-refractivity contribution is 0.619. The molecule has 2 heteroatoms. The molecule has 0 aromatic rings. The maximum Gasteiger partial charge on any atom is 0.00575 e. The van der Waals surface area contributed by atoms with Gasteiger partial charge in [-0.15, -0.1) is 0 Å². The second-order valence-electron chi connectivity index (χ2n) is 1.89. The molecule has 1 unspecified atom stereocenters. The van der Waals surface area contributed by atoms with Crippen molar-refractivity contribution in [2.24, 2.45) is 5.92 Å². The number of hydrogen-bond acceptors (Lipinski definition) is 2. The molecule has 0 spiro atoms. The average molecular weight is 114 g/mol. The second kappa shape index (κ2) is 4.78. The Morgan fingerprint density at radius 2 is 2.38 bits per heavy atom. The van der Waals surface area contributed by atoms with Gasteiger partial charge in [0.15, 0.2) is 0 Å². The van der Waals surface area contributed by atoms with Gasteiger partial charge in [0.2, 0.25) is 0 Å². The summed E-state index contributed by atoms with van der Waals surface area (Å²) in [6.07, 6.45) is 2.56. The molecule has 0 aliphatic carbocycles. The van der Waals surface area contributed by atoms with Crippen LogP contribution in [0.5, 0.6) is 0 Å². The summed E-state index contributed by atoms with van der Waals surface area (Å²) in [5.74, 6) is 0.431. The highest BCUT2D eigenvalue weighted by Crippen LogP contribution is 1.93. The first-order chi connectivity index (χ1) is 3.85. The van der Waals surface area contributed by atoms with Crippen LogP contribution in [0, 0.1) is 11.3 Å². The summed E-state index contributed by atoms with van der Waals surface area (Å²) in [4.78, 5) is 0. The first kappa shape index (κ1) is 7.63. The minimum absolute atomic E-state index is 0.431. The van der Waals surface area contributed by atoms with Crippen LogP contribution in [0.4, 0.5) is 0 Å². The number of nitrogens with one attached hydrogen (secondary N) is 2. The molecule has 2 nitrogen and oxygen atoms in total. The first-order valence-corrected chi connectivity index (χ1v) is 3.00. The van der Waals surface area contributed by atoms with E-state index in [9.17, 15) is 0 Å². The van der Waals surface area contributed by atoms with E-state index in [-0.39, 0.29) is 0 Å². The molecule has 0 rings (SSSR count). The van der Waals surface area contributed by atoms with Crippen molar-refractivity contribution in [2.75, 3.05) is 13.6 Å². The lowest BCUT2D eigenvalue weighted by Crippen LogP contribution is -2.18. The molecule has 0 aliphatic rings. The molecule has 0 bridgehead atoms. The van der Waals surface area contributed by atoms with Gasteiger partial charge in [-0.2, -0.15) is 0 Å². The lowest BCUT2D eigenvalue weighted by atomic mass is 10.1. The van der Waals surface area contributed by atoms with Crippen LogP contribution in [-0.2, 0) is 0 Å². The predicted molar refractivity (Wildman–Crippen MR) is 36.5 cm³/mol. The quantitative estimate of drug-likeness (QED) is 0.523. The molecule has 0 aromatic heterocycles. The van der Waals surface area contributed by atoms with Crippen molar-refractivity contribution in [3.8, 4) is 0 Å². The van der Waals surface area contributed by atoms with Crippen molar-refractivity contribution >= 4 is 6.21 Å². The van der Waals surface area contributed by atoms with Gasteiger partial charge in [0.25, 0.3) is 0 Å². The van der Waals surface area contributed by atoms with E-state index < -0.39 is 0 Å². The minimum atomic E-state index is 0.431. The highest BCUT2D eigenvalue weighted by Gasteiger charge is 1.96. The molecule has 0 aromatic carbocycles. The maximum absolute atomic E-state index is 6.90. The summed E-state index contributed by atoms with van der Waals surface area (Å²) < 4.78 is 0. The van der Waals surface area contributed by atoms with Crippen molar-refractivity contribution in [2.45, 2.75) is 13.3 Å². The molecule has 0 radical (unpaired) electrons. The summed E-state index contributed by atoms with van der Waals surface area (Å²) in [6.45, 7) is 3.02. The Morgan fingerprint density at radius 3 is 2.50 bits per heavy atom. The fraction of sp³-hybridized carbons (Fsp3) is 0.833. The smallest absolute Gasteiger partial charge is 0.00575 e. The molecule has 0 amide bonds. The van der Waals surface area contributed by atoms with Crippen molar-refractivity contribution in [3.63, 3.8) is 0 Å². The minimum Gasteiger partial charge on any atom is -0.319 e. The Morgan fingerprint density at radius 1 is 1.75 bits per heavy atom. The van der Waals surface area contributed by atoms with E-state index in [4.69, 9.17) is 5.41 Å². The zero-order chi connectivity index (χ0) is 6.41. The third-order valence-corrected chi connectivity index (χ3v) is 1.23. The third-order valence-electron chi connectivity index (χ3n) is 1.23. The predicted octanol–water partition coefficient (Wildman–Crippen LogP) is 0.882. The summed E-state index contributed by atoms with van der Waals surface area (Å²) >= 11 is 0.